The van der Waals surface area contributed by atoms with E-state index in [2.05, 4.69) is 26.2 Å². The number of carbonyl (C=O) groups excluding carboxylic acids is 1. The highest BCUT2D eigenvalue weighted by atomic mass is 79.9. The van der Waals surface area contributed by atoms with E-state index < -0.39 is 5.91 Å². The molecule has 20 heavy (non-hydrogen) atoms. The zero-order valence-electron chi connectivity index (χ0n) is 11.0. The summed E-state index contributed by atoms with van der Waals surface area (Å²) in [7, 11) is 1.49. The van der Waals surface area contributed by atoms with Gasteiger partial charge in [-0.15, -0.1) is 0 Å². The van der Waals surface area contributed by atoms with Crippen LogP contribution < -0.4 is 10.1 Å². The first-order valence-corrected chi connectivity index (χ1v) is 6.62. The number of halogens is 1. The van der Waals surface area contributed by atoms with Gasteiger partial charge in [0, 0.05) is 4.47 Å². The number of benzene rings is 1. The number of nitrogens with one attached hydrogen (secondary N) is 1. The van der Waals surface area contributed by atoms with Gasteiger partial charge >= 0.3 is 0 Å². The van der Waals surface area contributed by atoms with Gasteiger partial charge in [-0.05, 0) is 53.2 Å². The van der Waals surface area contributed by atoms with Gasteiger partial charge in [0.2, 0.25) is 0 Å². The number of hydrogen-bond acceptors (Lipinski definition) is 4. The maximum atomic E-state index is 12.1. The largest absolute Gasteiger partial charge is 0.507 e. The molecule has 0 fully saturated rings. The molecule has 0 atom stereocenters. The lowest BCUT2D eigenvalue weighted by Gasteiger charge is -2.09. The van der Waals surface area contributed by atoms with Crippen molar-refractivity contribution in [3.8, 4) is 11.5 Å². The zero-order valence-corrected chi connectivity index (χ0v) is 12.6. The summed E-state index contributed by atoms with van der Waals surface area (Å²) in [6, 6.07) is 7.92. The van der Waals surface area contributed by atoms with E-state index in [1.54, 1.807) is 18.2 Å². The Labute approximate surface area is 124 Å². The second-order valence-corrected chi connectivity index (χ2v) is 4.96. The Balaban J connectivity index is 2.25. The molecule has 5 nitrogen and oxygen atoms in total. The molecular weight excluding hydrogens is 324 g/mol. The second-order valence-electron chi connectivity index (χ2n) is 4.10. The van der Waals surface area contributed by atoms with Crippen LogP contribution in [0.15, 0.2) is 34.8 Å². The highest BCUT2D eigenvalue weighted by molar-refractivity contribution is 9.10. The standard InChI is InChI=1S/C14H13BrN2O3/c1-8-11(15)4-6-13(16-8)17-14(19)10-7-9(20-2)3-5-12(10)18/h3-7,18H,1-2H3,(H,16,17,19). The quantitative estimate of drug-likeness (QED) is 0.903. The van der Waals surface area contributed by atoms with Crippen molar-refractivity contribution in [1.29, 1.82) is 0 Å². The number of aryl methyl sites for hydroxylation is 1. The molecule has 0 aliphatic rings. The van der Waals surface area contributed by atoms with E-state index in [9.17, 15) is 9.90 Å². The molecule has 0 radical (unpaired) electrons. The summed E-state index contributed by atoms with van der Waals surface area (Å²) in [5.74, 6) is 0.346. The van der Waals surface area contributed by atoms with Crippen molar-refractivity contribution in [2.75, 3.05) is 12.4 Å². The average Bonchev–Trinajstić information content (AvgIpc) is 2.43. The van der Waals surface area contributed by atoms with Crippen molar-refractivity contribution in [3.05, 3.63) is 46.1 Å². The summed E-state index contributed by atoms with van der Waals surface area (Å²) in [6.45, 7) is 1.82. The third-order valence-corrected chi connectivity index (χ3v) is 3.55. The number of amides is 1. The molecule has 0 saturated carbocycles. The number of hydrogen-bond donors (Lipinski definition) is 2. The van der Waals surface area contributed by atoms with Crippen LogP contribution in [0.5, 0.6) is 11.5 Å². The van der Waals surface area contributed by atoms with Crippen LogP contribution in [0.3, 0.4) is 0 Å². The predicted molar refractivity (Wildman–Crippen MR) is 79.3 cm³/mol. The summed E-state index contributed by atoms with van der Waals surface area (Å²) in [5, 5.41) is 12.4. The molecule has 1 amide bonds. The molecule has 6 heteroatoms. The molecule has 0 bridgehead atoms. The molecule has 1 aromatic carbocycles. The third kappa shape index (κ3) is 3.08. The predicted octanol–water partition coefficient (Wildman–Crippen LogP) is 3.12. The number of aromatic nitrogens is 1. The molecule has 0 saturated heterocycles. The topological polar surface area (TPSA) is 71.5 Å². The van der Waals surface area contributed by atoms with Crippen LogP contribution >= 0.6 is 15.9 Å². The van der Waals surface area contributed by atoms with Gasteiger partial charge in [-0.1, -0.05) is 0 Å². The van der Waals surface area contributed by atoms with Gasteiger partial charge in [-0.25, -0.2) is 4.98 Å². The summed E-state index contributed by atoms with van der Waals surface area (Å²) in [4.78, 5) is 16.3. The van der Waals surface area contributed by atoms with E-state index in [1.165, 1.54) is 19.2 Å². The maximum Gasteiger partial charge on any atom is 0.260 e. The second kappa shape index (κ2) is 5.92. The molecule has 1 aromatic heterocycles. The van der Waals surface area contributed by atoms with Gasteiger partial charge < -0.3 is 15.2 Å². The molecule has 0 unspecified atom stereocenters. The lowest BCUT2D eigenvalue weighted by molar-refractivity contribution is 0.102. The Hall–Kier alpha value is -2.08. The number of rotatable bonds is 3. The van der Waals surface area contributed by atoms with Crippen LogP contribution in [-0.2, 0) is 0 Å². The number of carbonyl (C=O) groups is 1. The Kier molecular flexibility index (Phi) is 4.24. The number of methoxy groups -OCH3 is 1. The first-order chi connectivity index (χ1) is 9.51. The molecule has 0 spiro atoms. The monoisotopic (exact) mass is 336 g/mol. The fourth-order valence-electron chi connectivity index (χ4n) is 1.62. The average molecular weight is 337 g/mol. The minimum absolute atomic E-state index is 0.114. The maximum absolute atomic E-state index is 12.1. The first kappa shape index (κ1) is 14.3. The van der Waals surface area contributed by atoms with E-state index in [0.29, 0.717) is 11.6 Å². The van der Waals surface area contributed by atoms with E-state index in [0.717, 1.165) is 10.2 Å². The lowest BCUT2D eigenvalue weighted by Crippen LogP contribution is -2.13. The van der Waals surface area contributed by atoms with Gasteiger partial charge in [-0.3, -0.25) is 4.79 Å². The van der Waals surface area contributed by atoms with Crippen molar-refractivity contribution in [2.24, 2.45) is 0 Å². The Morgan fingerprint density at radius 2 is 2.10 bits per heavy atom. The number of pyridine rings is 1. The number of anilines is 1. The van der Waals surface area contributed by atoms with Crippen molar-refractivity contribution in [3.63, 3.8) is 0 Å². The third-order valence-electron chi connectivity index (χ3n) is 2.71. The molecule has 104 valence electrons. The summed E-state index contributed by atoms with van der Waals surface area (Å²) < 4.78 is 5.89. The van der Waals surface area contributed by atoms with Crippen molar-refractivity contribution in [2.45, 2.75) is 6.92 Å². The van der Waals surface area contributed by atoms with Crippen molar-refractivity contribution < 1.29 is 14.6 Å². The molecule has 0 aliphatic heterocycles. The van der Waals surface area contributed by atoms with Crippen LogP contribution in [0.1, 0.15) is 16.1 Å². The smallest absolute Gasteiger partial charge is 0.260 e. The normalized spacial score (nSPS) is 10.2. The van der Waals surface area contributed by atoms with E-state index in [-0.39, 0.29) is 11.3 Å². The number of phenols is 1. The Morgan fingerprint density at radius 3 is 2.75 bits per heavy atom. The van der Waals surface area contributed by atoms with Gasteiger partial charge in [0.05, 0.1) is 18.4 Å². The fourth-order valence-corrected chi connectivity index (χ4v) is 1.84. The highest BCUT2D eigenvalue weighted by Gasteiger charge is 2.13. The molecule has 0 aliphatic carbocycles. The fraction of sp³-hybridized carbons (Fsp3) is 0.143. The number of aromatic hydroxyl groups is 1. The van der Waals surface area contributed by atoms with E-state index >= 15 is 0 Å². The molecule has 2 rings (SSSR count). The van der Waals surface area contributed by atoms with Crippen molar-refractivity contribution in [1.82, 2.24) is 4.98 Å². The van der Waals surface area contributed by atoms with E-state index in [4.69, 9.17) is 4.74 Å². The van der Waals surface area contributed by atoms with Gasteiger partial charge in [-0.2, -0.15) is 0 Å². The van der Waals surface area contributed by atoms with Crippen LogP contribution in [0.4, 0.5) is 5.82 Å². The molecule has 2 aromatic rings. The van der Waals surface area contributed by atoms with Crippen LogP contribution in [0.25, 0.3) is 0 Å². The zero-order chi connectivity index (χ0) is 14.7. The van der Waals surface area contributed by atoms with Crippen LogP contribution in [-0.4, -0.2) is 23.1 Å². The van der Waals surface area contributed by atoms with Crippen LogP contribution in [0, 0.1) is 6.92 Å². The van der Waals surface area contributed by atoms with Gasteiger partial charge in [0.15, 0.2) is 0 Å². The molecule has 2 N–H and O–H groups in total. The summed E-state index contributed by atoms with van der Waals surface area (Å²) in [6.07, 6.45) is 0. The number of phenolic OH excluding ortho intramolecular Hbond substituents is 1. The minimum Gasteiger partial charge on any atom is -0.507 e. The number of ether oxygens (including phenoxy) is 1. The SMILES string of the molecule is COc1ccc(O)c(C(=O)Nc2ccc(Br)c(C)n2)c1. The number of nitrogens with zero attached hydrogens (tertiary/aromatic N) is 1. The van der Waals surface area contributed by atoms with Gasteiger partial charge in [0.25, 0.3) is 5.91 Å². The van der Waals surface area contributed by atoms with Crippen LogP contribution in [0.2, 0.25) is 0 Å². The van der Waals surface area contributed by atoms with Gasteiger partial charge in [0.1, 0.15) is 17.3 Å². The van der Waals surface area contributed by atoms with E-state index in [1.807, 2.05) is 6.92 Å². The Morgan fingerprint density at radius 1 is 1.35 bits per heavy atom. The highest BCUT2D eigenvalue weighted by Crippen LogP contribution is 2.24. The minimum atomic E-state index is -0.448. The molecule has 1 heterocycles. The lowest BCUT2D eigenvalue weighted by atomic mass is 10.1. The molecular formula is C14H13BrN2O3. The van der Waals surface area contributed by atoms with Crippen molar-refractivity contribution >= 4 is 27.7 Å². The first-order valence-electron chi connectivity index (χ1n) is 5.83. The summed E-state index contributed by atoms with van der Waals surface area (Å²) in [5.41, 5.74) is 0.893. The summed E-state index contributed by atoms with van der Waals surface area (Å²) >= 11 is 3.34. The Bertz CT molecular complexity index is 659.